The van der Waals surface area contributed by atoms with Gasteiger partial charge in [-0.15, -0.1) is 0 Å². The van der Waals surface area contributed by atoms with Crippen molar-refractivity contribution < 1.29 is 4.79 Å². The van der Waals surface area contributed by atoms with Crippen molar-refractivity contribution in [3.8, 4) is 0 Å². The van der Waals surface area contributed by atoms with Gasteiger partial charge in [0.1, 0.15) is 5.82 Å². The zero-order chi connectivity index (χ0) is 23.3. The molecule has 0 fully saturated rings. The van der Waals surface area contributed by atoms with Crippen molar-refractivity contribution in [1.29, 1.82) is 0 Å². The molecular weight excluding hydrogens is 445 g/mol. The van der Waals surface area contributed by atoms with Crippen LogP contribution in [0.3, 0.4) is 0 Å². The van der Waals surface area contributed by atoms with Gasteiger partial charge in [0, 0.05) is 19.2 Å². The molecule has 1 aromatic heterocycles. The summed E-state index contributed by atoms with van der Waals surface area (Å²) < 4.78 is 1.57. The second-order valence-electron chi connectivity index (χ2n) is 7.96. The molecule has 1 amide bonds. The van der Waals surface area contributed by atoms with Crippen molar-refractivity contribution in [3.63, 3.8) is 0 Å². The molecule has 0 N–H and O–H groups in total. The molecule has 0 aliphatic heterocycles. The van der Waals surface area contributed by atoms with Gasteiger partial charge >= 0.3 is 0 Å². The molecule has 3 aromatic rings. The van der Waals surface area contributed by atoms with Crippen LogP contribution in [-0.2, 0) is 7.05 Å². The van der Waals surface area contributed by atoms with E-state index in [1.807, 2.05) is 30.0 Å². The largest absolute Gasteiger partial charge is 0.328 e. The smallest absolute Gasteiger partial charge is 0.261 e. The molecule has 3 rings (SSSR count). The Bertz CT molecular complexity index is 1160. The Hall–Kier alpha value is -2.37. The molecule has 0 aliphatic rings. The first kappa shape index (κ1) is 24.3. The predicted molar refractivity (Wildman–Crippen MR) is 132 cm³/mol. The fourth-order valence-electron chi connectivity index (χ4n) is 3.98. The summed E-state index contributed by atoms with van der Waals surface area (Å²) in [6, 6.07) is 11.9. The minimum absolute atomic E-state index is 0.114. The highest BCUT2D eigenvalue weighted by molar-refractivity contribution is 6.42. The molecule has 1 atom stereocenters. The molecule has 0 spiro atoms. The molecule has 0 bridgehead atoms. The maximum atomic E-state index is 13.6. The molecule has 0 aliphatic carbocycles. The minimum Gasteiger partial charge on any atom is -0.328 e. The maximum Gasteiger partial charge on any atom is 0.261 e. The summed E-state index contributed by atoms with van der Waals surface area (Å²) in [5, 5.41) is 1.31. The van der Waals surface area contributed by atoms with Crippen LogP contribution in [0.2, 0.25) is 10.0 Å². The standard InChI is InChI=1S/C25H29Cl2N3O2/c1-4-6-7-10-15-30(24(31)17-13-14-19(26)20(27)16-17)22(5-2)23-28-21-12-9-8-11-18(21)25(32)29(23)3/h8-9,11-14,16,22H,4-7,10,15H2,1-3H3. The lowest BCUT2D eigenvalue weighted by molar-refractivity contribution is 0.0653. The van der Waals surface area contributed by atoms with Crippen molar-refractivity contribution in [3.05, 3.63) is 74.3 Å². The molecule has 7 heteroatoms. The van der Waals surface area contributed by atoms with Crippen molar-refractivity contribution in [2.45, 2.75) is 52.0 Å². The summed E-state index contributed by atoms with van der Waals surface area (Å²) >= 11 is 12.2. The molecule has 0 saturated heterocycles. The van der Waals surface area contributed by atoms with Crippen molar-refractivity contribution in [2.24, 2.45) is 7.05 Å². The lowest BCUT2D eigenvalue weighted by atomic mass is 10.1. The van der Waals surface area contributed by atoms with E-state index < -0.39 is 0 Å². The first-order chi connectivity index (χ1) is 15.4. The molecule has 1 unspecified atom stereocenters. The summed E-state index contributed by atoms with van der Waals surface area (Å²) in [6.07, 6.45) is 4.75. The number of rotatable bonds is 9. The van der Waals surface area contributed by atoms with Gasteiger partial charge in [-0.3, -0.25) is 14.2 Å². The maximum absolute atomic E-state index is 13.6. The number of aromatic nitrogens is 2. The number of amides is 1. The predicted octanol–water partition coefficient (Wildman–Crippen LogP) is 6.41. The van der Waals surface area contributed by atoms with Crippen LogP contribution in [0.5, 0.6) is 0 Å². The quantitative estimate of drug-likeness (QED) is 0.337. The number of unbranched alkanes of at least 4 members (excludes halogenated alkanes) is 3. The molecular formula is C25H29Cl2N3O2. The fourth-order valence-corrected chi connectivity index (χ4v) is 4.28. The van der Waals surface area contributed by atoms with Gasteiger partial charge in [-0.2, -0.15) is 0 Å². The number of hydrogen-bond acceptors (Lipinski definition) is 3. The SMILES string of the molecule is CCCCCCN(C(=O)c1ccc(Cl)c(Cl)c1)C(CC)c1nc2ccccc2c(=O)n1C. The van der Waals surface area contributed by atoms with Crippen LogP contribution in [0.1, 0.15) is 68.2 Å². The van der Waals surface area contributed by atoms with E-state index in [2.05, 4.69) is 6.92 Å². The summed E-state index contributed by atoms with van der Waals surface area (Å²) in [5.74, 6) is 0.439. The summed E-state index contributed by atoms with van der Waals surface area (Å²) in [4.78, 5) is 33.2. The normalized spacial score (nSPS) is 12.2. The molecule has 5 nitrogen and oxygen atoms in total. The van der Waals surface area contributed by atoms with Crippen LogP contribution in [-0.4, -0.2) is 26.9 Å². The van der Waals surface area contributed by atoms with Crippen LogP contribution in [0.25, 0.3) is 10.9 Å². The topological polar surface area (TPSA) is 55.2 Å². The summed E-state index contributed by atoms with van der Waals surface area (Å²) in [5.41, 5.74) is 0.994. The molecule has 2 aromatic carbocycles. The van der Waals surface area contributed by atoms with E-state index in [1.165, 1.54) is 0 Å². The van der Waals surface area contributed by atoms with E-state index in [4.69, 9.17) is 28.2 Å². The first-order valence-electron chi connectivity index (χ1n) is 11.1. The number of fused-ring (bicyclic) bond motifs is 1. The Morgan fingerprint density at radius 1 is 1.06 bits per heavy atom. The van der Waals surface area contributed by atoms with Gasteiger partial charge in [0.2, 0.25) is 0 Å². The Labute approximate surface area is 199 Å². The summed E-state index contributed by atoms with van der Waals surface area (Å²) in [7, 11) is 1.72. The molecule has 0 saturated carbocycles. The molecule has 170 valence electrons. The number of halogens is 2. The van der Waals surface area contributed by atoms with E-state index in [0.29, 0.717) is 45.3 Å². The number of benzene rings is 2. The number of para-hydroxylation sites is 1. The Morgan fingerprint density at radius 3 is 2.50 bits per heavy atom. The Kier molecular flexibility index (Phi) is 8.32. The lowest BCUT2D eigenvalue weighted by Crippen LogP contribution is -2.39. The monoisotopic (exact) mass is 473 g/mol. The van der Waals surface area contributed by atoms with Crippen molar-refractivity contribution in [1.82, 2.24) is 14.5 Å². The molecule has 0 radical (unpaired) electrons. The molecule has 32 heavy (non-hydrogen) atoms. The van der Waals surface area contributed by atoms with Crippen LogP contribution in [0, 0.1) is 0 Å². The van der Waals surface area contributed by atoms with E-state index >= 15 is 0 Å². The second-order valence-corrected chi connectivity index (χ2v) is 8.78. The highest BCUT2D eigenvalue weighted by Crippen LogP contribution is 2.28. The average molecular weight is 474 g/mol. The third-order valence-electron chi connectivity index (χ3n) is 5.76. The van der Waals surface area contributed by atoms with Gasteiger partial charge in [0.15, 0.2) is 0 Å². The van der Waals surface area contributed by atoms with Crippen molar-refractivity contribution in [2.75, 3.05) is 6.54 Å². The third kappa shape index (κ3) is 5.16. The Balaban J connectivity index is 2.06. The lowest BCUT2D eigenvalue weighted by Gasteiger charge is -2.32. The third-order valence-corrected chi connectivity index (χ3v) is 6.50. The summed E-state index contributed by atoms with van der Waals surface area (Å²) in [6.45, 7) is 4.73. The van der Waals surface area contributed by atoms with Gasteiger partial charge in [0.05, 0.1) is 27.0 Å². The van der Waals surface area contributed by atoms with Gasteiger partial charge in [0.25, 0.3) is 11.5 Å². The van der Waals surface area contributed by atoms with E-state index in [0.717, 1.165) is 25.7 Å². The van der Waals surface area contributed by atoms with Crippen molar-refractivity contribution >= 4 is 40.0 Å². The Morgan fingerprint density at radius 2 is 1.81 bits per heavy atom. The zero-order valence-electron chi connectivity index (χ0n) is 18.8. The van der Waals surface area contributed by atoms with Crippen LogP contribution >= 0.6 is 23.2 Å². The van der Waals surface area contributed by atoms with Gasteiger partial charge < -0.3 is 4.90 Å². The van der Waals surface area contributed by atoms with E-state index in [-0.39, 0.29) is 17.5 Å². The first-order valence-corrected chi connectivity index (χ1v) is 11.9. The van der Waals surface area contributed by atoms with Crippen LogP contribution < -0.4 is 5.56 Å². The fraction of sp³-hybridized carbons (Fsp3) is 0.400. The highest BCUT2D eigenvalue weighted by Gasteiger charge is 2.28. The second kappa shape index (κ2) is 11.0. The molecule has 1 heterocycles. The van der Waals surface area contributed by atoms with Crippen LogP contribution in [0.15, 0.2) is 47.3 Å². The highest BCUT2D eigenvalue weighted by atomic mass is 35.5. The number of hydrogen-bond donors (Lipinski definition) is 0. The minimum atomic E-state index is -0.346. The number of nitrogens with zero attached hydrogens (tertiary/aromatic N) is 3. The number of carbonyl (C=O) groups excluding carboxylic acids is 1. The van der Waals surface area contributed by atoms with E-state index in [9.17, 15) is 9.59 Å². The van der Waals surface area contributed by atoms with E-state index in [1.54, 1.807) is 35.9 Å². The van der Waals surface area contributed by atoms with Gasteiger partial charge in [-0.05, 0) is 43.2 Å². The van der Waals surface area contributed by atoms with Gasteiger partial charge in [-0.1, -0.05) is 68.4 Å². The average Bonchev–Trinajstić information content (AvgIpc) is 2.80. The van der Waals surface area contributed by atoms with Crippen LogP contribution in [0.4, 0.5) is 0 Å². The zero-order valence-corrected chi connectivity index (χ0v) is 20.3. The van der Waals surface area contributed by atoms with Gasteiger partial charge in [-0.25, -0.2) is 4.98 Å². The number of carbonyl (C=O) groups is 1.